The van der Waals surface area contributed by atoms with Crippen molar-refractivity contribution in [2.75, 3.05) is 7.11 Å². The minimum atomic E-state index is 0.719. The molecule has 0 aliphatic rings. The van der Waals surface area contributed by atoms with E-state index >= 15 is 0 Å². The van der Waals surface area contributed by atoms with Crippen molar-refractivity contribution < 1.29 is 4.74 Å². The molecular weight excluding hydrogens is 308 g/mol. The minimum Gasteiger partial charge on any atom is -0.497 e. The van der Waals surface area contributed by atoms with Crippen molar-refractivity contribution in [3.05, 3.63) is 70.6 Å². The zero-order valence-corrected chi connectivity index (χ0v) is 13.8. The van der Waals surface area contributed by atoms with Crippen molar-refractivity contribution >= 4 is 23.8 Å². The van der Waals surface area contributed by atoms with Gasteiger partial charge in [-0.1, -0.05) is 41.9 Å². The van der Waals surface area contributed by atoms with Crippen molar-refractivity contribution in [1.82, 2.24) is 9.97 Å². The number of halogens is 1. The molecule has 1 N–H and O–H groups in total. The molecule has 1 aromatic heterocycles. The lowest BCUT2D eigenvalue weighted by Crippen LogP contribution is -1.83. The van der Waals surface area contributed by atoms with Gasteiger partial charge in [0, 0.05) is 5.56 Å². The van der Waals surface area contributed by atoms with Crippen LogP contribution in [0.4, 0.5) is 0 Å². The summed E-state index contributed by atoms with van der Waals surface area (Å²) in [6.07, 6.45) is 5.71. The summed E-state index contributed by atoms with van der Waals surface area (Å²) in [6, 6.07) is 13.8. The fourth-order valence-electron chi connectivity index (χ4n) is 2.32. The molecule has 0 spiro atoms. The summed E-state index contributed by atoms with van der Waals surface area (Å²) < 4.78 is 5.22. The first-order chi connectivity index (χ1) is 11.2. The molecule has 0 fully saturated rings. The maximum Gasteiger partial charge on any atom is 0.130 e. The number of rotatable bonds is 4. The molecule has 1 heterocycles. The van der Waals surface area contributed by atoms with Gasteiger partial charge in [-0.15, -0.1) is 0 Å². The minimum absolute atomic E-state index is 0.719. The monoisotopic (exact) mass is 324 g/mol. The SMILES string of the molecule is COc1cccc(/C=C/c2ncc(-c3ccc(C)cc3Cl)[nH]2)c1. The summed E-state index contributed by atoms with van der Waals surface area (Å²) >= 11 is 6.30. The van der Waals surface area contributed by atoms with Gasteiger partial charge >= 0.3 is 0 Å². The van der Waals surface area contributed by atoms with Gasteiger partial charge in [0.25, 0.3) is 0 Å². The standard InChI is InChI=1S/C19H17ClN2O/c1-13-6-8-16(17(20)10-13)18-12-21-19(22-18)9-7-14-4-3-5-15(11-14)23-2/h3-12H,1-2H3,(H,21,22)/b9-7+. The molecule has 3 aromatic rings. The number of aromatic amines is 1. The van der Waals surface area contributed by atoms with Gasteiger partial charge in [0.15, 0.2) is 0 Å². The molecule has 3 nitrogen and oxygen atoms in total. The van der Waals surface area contributed by atoms with E-state index in [9.17, 15) is 0 Å². The summed E-state index contributed by atoms with van der Waals surface area (Å²) in [5, 5.41) is 0.719. The normalized spacial score (nSPS) is 11.1. The predicted molar refractivity (Wildman–Crippen MR) is 95.7 cm³/mol. The summed E-state index contributed by atoms with van der Waals surface area (Å²) in [4.78, 5) is 7.66. The van der Waals surface area contributed by atoms with Crippen LogP contribution in [0.15, 0.2) is 48.7 Å². The third kappa shape index (κ3) is 3.63. The Balaban J connectivity index is 1.83. The second-order valence-electron chi connectivity index (χ2n) is 5.28. The lowest BCUT2D eigenvalue weighted by molar-refractivity contribution is 0.414. The second kappa shape index (κ2) is 6.71. The van der Waals surface area contributed by atoms with E-state index in [0.717, 1.165) is 39.0 Å². The number of hydrogen-bond donors (Lipinski definition) is 1. The third-order valence-corrected chi connectivity index (χ3v) is 3.85. The zero-order valence-electron chi connectivity index (χ0n) is 13.0. The quantitative estimate of drug-likeness (QED) is 0.714. The Bertz CT molecular complexity index is 852. The van der Waals surface area contributed by atoms with Gasteiger partial charge < -0.3 is 9.72 Å². The number of H-pyrrole nitrogens is 1. The van der Waals surface area contributed by atoms with Gasteiger partial charge in [0.05, 0.1) is 24.0 Å². The average Bonchev–Trinajstić information content (AvgIpc) is 3.02. The third-order valence-electron chi connectivity index (χ3n) is 3.54. The van der Waals surface area contributed by atoms with Crippen LogP contribution in [-0.4, -0.2) is 17.1 Å². The first-order valence-electron chi connectivity index (χ1n) is 7.29. The predicted octanol–water partition coefficient (Wildman–Crippen LogP) is 5.22. The van der Waals surface area contributed by atoms with Crippen LogP contribution in [0.25, 0.3) is 23.4 Å². The van der Waals surface area contributed by atoms with Crippen molar-refractivity contribution in [1.29, 1.82) is 0 Å². The van der Waals surface area contributed by atoms with E-state index in [2.05, 4.69) is 9.97 Å². The van der Waals surface area contributed by atoms with E-state index in [1.807, 2.05) is 61.5 Å². The second-order valence-corrected chi connectivity index (χ2v) is 5.68. The highest BCUT2D eigenvalue weighted by Crippen LogP contribution is 2.27. The summed E-state index contributed by atoms with van der Waals surface area (Å²) in [5.74, 6) is 1.61. The molecule has 23 heavy (non-hydrogen) atoms. The Hall–Kier alpha value is -2.52. The number of hydrogen-bond acceptors (Lipinski definition) is 2. The molecular formula is C19H17ClN2O. The zero-order chi connectivity index (χ0) is 16.2. The van der Waals surface area contributed by atoms with Gasteiger partial charge in [-0.2, -0.15) is 0 Å². The van der Waals surface area contributed by atoms with Crippen LogP contribution in [0.2, 0.25) is 5.02 Å². The van der Waals surface area contributed by atoms with Gasteiger partial charge in [-0.3, -0.25) is 0 Å². The number of methoxy groups -OCH3 is 1. The lowest BCUT2D eigenvalue weighted by atomic mass is 10.1. The van der Waals surface area contributed by atoms with Crippen LogP contribution < -0.4 is 4.74 Å². The van der Waals surface area contributed by atoms with Crippen LogP contribution in [0, 0.1) is 6.92 Å². The van der Waals surface area contributed by atoms with E-state index in [0.29, 0.717) is 0 Å². The molecule has 0 unspecified atom stereocenters. The number of nitrogens with one attached hydrogen (secondary N) is 1. The highest BCUT2D eigenvalue weighted by atomic mass is 35.5. The van der Waals surface area contributed by atoms with Crippen LogP contribution in [-0.2, 0) is 0 Å². The van der Waals surface area contributed by atoms with Crippen LogP contribution >= 0.6 is 11.6 Å². The number of aryl methyl sites for hydroxylation is 1. The lowest BCUT2D eigenvalue weighted by Gasteiger charge is -2.02. The maximum atomic E-state index is 6.30. The number of nitrogens with zero attached hydrogens (tertiary/aromatic N) is 1. The molecule has 4 heteroatoms. The van der Waals surface area contributed by atoms with Crippen molar-refractivity contribution in [3.63, 3.8) is 0 Å². The Kier molecular flexibility index (Phi) is 4.49. The Morgan fingerprint density at radius 1 is 1.13 bits per heavy atom. The molecule has 0 aliphatic heterocycles. The molecule has 116 valence electrons. The highest BCUT2D eigenvalue weighted by Gasteiger charge is 2.06. The Morgan fingerprint density at radius 3 is 2.78 bits per heavy atom. The van der Waals surface area contributed by atoms with Crippen molar-refractivity contribution in [2.24, 2.45) is 0 Å². The Morgan fingerprint density at radius 2 is 2.00 bits per heavy atom. The van der Waals surface area contributed by atoms with Crippen LogP contribution in [0.3, 0.4) is 0 Å². The highest BCUT2D eigenvalue weighted by molar-refractivity contribution is 6.33. The van der Waals surface area contributed by atoms with E-state index in [4.69, 9.17) is 16.3 Å². The number of benzene rings is 2. The summed E-state index contributed by atoms with van der Waals surface area (Å²) in [7, 11) is 1.66. The number of imidazole rings is 1. The largest absolute Gasteiger partial charge is 0.497 e. The molecule has 0 radical (unpaired) electrons. The van der Waals surface area contributed by atoms with Gasteiger partial charge in [-0.25, -0.2) is 4.98 Å². The molecule has 0 saturated heterocycles. The fraction of sp³-hybridized carbons (Fsp3) is 0.105. The number of aromatic nitrogens is 2. The molecule has 3 rings (SSSR count). The van der Waals surface area contributed by atoms with Crippen LogP contribution in [0.1, 0.15) is 17.0 Å². The maximum absolute atomic E-state index is 6.30. The summed E-state index contributed by atoms with van der Waals surface area (Å²) in [5.41, 5.74) is 4.04. The Labute approximate surface area is 140 Å². The smallest absolute Gasteiger partial charge is 0.130 e. The molecule has 0 amide bonds. The van der Waals surface area contributed by atoms with E-state index in [1.54, 1.807) is 13.3 Å². The van der Waals surface area contributed by atoms with E-state index in [1.165, 1.54) is 0 Å². The van der Waals surface area contributed by atoms with Gasteiger partial charge in [-0.05, 0) is 42.3 Å². The average molecular weight is 325 g/mol. The van der Waals surface area contributed by atoms with Crippen molar-refractivity contribution in [2.45, 2.75) is 6.92 Å². The fourth-order valence-corrected chi connectivity index (χ4v) is 2.65. The van der Waals surface area contributed by atoms with Crippen LogP contribution in [0.5, 0.6) is 5.75 Å². The van der Waals surface area contributed by atoms with E-state index < -0.39 is 0 Å². The molecule has 0 atom stereocenters. The molecule has 2 aromatic carbocycles. The molecule has 0 bridgehead atoms. The first-order valence-corrected chi connectivity index (χ1v) is 7.67. The number of ether oxygens (including phenoxy) is 1. The van der Waals surface area contributed by atoms with Gasteiger partial charge in [0.2, 0.25) is 0 Å². The first kappa shape index (κ1) is 15.4. The van der Waals surface area contributed by atoms with Gasteiger partial charge in [0.1, 0.15) is 11.6 Å². The van der Waals surface area contributed by atoms with Crippen molar-refractivity contribution in [3.8, 4) is 17.0 Å². The molecule has 0 aliphatic carbocycles. The summed E-state index contributed by atoms with van der Waals surface area (Å²) in [6.45, 7) is 2.02. The topological polar surface area (TPSA) is 37.9 Å². The molecule has 0 saturated carbocycles. The van der Waals surface area contributed by atoms with E-state index in [-0.39, 0.29) is 0 Å².